The molecule has 0 saturated carbocycles. The number of imidazole rings is 1. The molecule has 0 unspecified atom stereocenters. The second kappa shape index (κ2) is 9.90. The molecule has 3 nitrogen and oxygen atoms in total. The fourth-order valence-electron chi connectivity index (χ4n) is 7.38. The molecule has 3 heteroatoms. The number of rotatable bonds is 3. The fourth-order valence-corrected chi connectivity index (χ4v) is 7.38. The first-order chi connectivity index (χ1) is 24.4. The largest absolute Gasteiger partial charge is 0.455 e. The normalized spacial score (nSPS) is 13.1. The topological polar surface area (TPSA) is 31.0 Å². The van der Waals surface area contributed by atoms with Crippen LogP contribution in [0, 0.1) is 6.85 Å². The molecule has 0 bridgehead atoms. The maximum absolute atomic E-state index is 8.53. The van der Waals surface area contributed by atoms with E-state index < -0.39 is 6.85 Å². The van der Waals surface area contributed by atoms with Gasteiger partial charge in [-0.3, -0.25) is 4.57 Å². The van der Waals surface area contributed by atoms with Gasteiger partial charge < -0.3 is 4.42 Å². The molecule has 0 radical (unpaired) electrons. The van der Waals surface area contributed by atoms with Gasteiger partial charge in [-0.2, -0.15) is 0 Å². The van der Waals surface area contributed by atoms with Gasteiger partial charge in [-0.05, 0) is 92.3 Å². The summed E-state index contributed by atoms with van der Waals surface area (Å²) < 4.78 is 34.3. The van der Waals surface area contributed by atoms with Crippen molar-refractivity contribution >= 4 is 65.3 Å². The molecule has 2 aromatic heterocycles. The van der Waals surface area contributed by atoms with Gasteiger partial charge in [0.1, 0.15) is 17.0 Å². The molecule has 0 aliphatic heterocycles. The highest BCUT2D eigenvalue weighted by Crippen LogP contribution is 2.41. The summed E-state index contributed by atoms with van der Waals surface area (Å²) in [7, 11) is 0. The van der Waals surface area contributed by atoms with E-state index in [-0.39, 0.29) is 5.56 Å². The zero-order valence-corrected chi connectivity index (χ0v) is 25.2. The highest BCUT2D eigenvalue weighted by molar-refractivity contribution is 6.25. The summed E-state index contributed by atoms with van der Waals surface area (Å²) in [5, 5.41) is 8.90. The first kappa shape index (κ1) is 23.2. The van der Waals surface area contributed by atoms with Gasteiger partial charge in [0, 0.05) is 20.6 Å². The van der Waals surface area contributed by atoms with Gasteiger partial charge in [0.15, 0.2) is 0 Å². The number of nitrogens with zero attached hydrogens (tertiary/aromatic N) is 2. The lowest BCUT2D eigenvalue weighted by Gasteiger charge is -2.15. The van der Waals surface area contributed by atoms with Gasteiger partial charge in [0.25, 0.3) is 0 Å². The number of para-hydroxylation sites is 2. The summed E-state index contributed by atoms with van der Waals surface area (Å²) in [6.45, 7) is -2.35. The number of benzene rings is 8. The van der Waals surface area contributed by atoms with E-state index in [4.69, 9.17) is 13.5 Å². The van der Waals surface area contributed by atoms with Crippen molar-refractivity contribution in [1.29, 1.82) is 0 Å². The quantitative estimate of drug-likeness (QED) is 0.188. The summed E-state index contributed by atoms with van der Waals surface area (Å²) in [4.78, 5) is 5.16. The van der Waals surface area contributed by atoms with Crippen LogP contribution in [0.2, 0.25) is 0 Å². The molecular weight excluding hydrogens is 572 g/mol. The van der Waals surface area contributed by atoms with Crippen molar-refractivity contribution in [3.63, 3.8) is 0 Å². The lowest BCUT2D eigenvalue weighted by molar-refractivity contribution is 0.669. The molecule has 2 heterocycles. The molecule has 0 N–H and O–H groups in total. The Balaban J connectivity index is 1.29. The Bertz CT molecular complexity index is 2940. The molecule has 10 rings (SSSR count). The number of aryl methyl sites for hydroxylation is 1. The fraction of sp³-hybridized carbons (Fsp3) is 0.0227. The minimum Gasteiger partial charge on any atom is -0.455 e. The van der Waals surface area contributed by atoms with Crippen LogP contribution in [-0.4, -0.2) is 9.55 Å². The Kier molecular flexibility index (Phi) is 4.89. The van der Waals surface area contributed by atoms with Crippen LogP contribution in [0.5, 0.6) is 0 Å². The molecular formula is C44H28N2O. The summed E-state index contributed by atoms with van der Waals surface area (Å²) in [6.07, 6.45) is 0. The molecule has 0 atom stereocenters. The average molecular weight is 604 g/mol. The van der Waals surface area contributed by atoms with E-state index in [1.807, 2.05) is 41.0 Å². The van der Waals surface area contributed by atoms with Gasteiger partial charge >= 0.3 is 0 Å². The van der Waals surface area contributed by atoms with Gasteiger partial charge in [0.2, 0.25) is 0 Å². The highest BCUT2D eigenvalue weighted by Gasteiger charge is 2.21. The molecule has 8 aromatic carbocycles. The first-order valence-corrected chi connectivity index (χ1v) is 15.8. The lowest BCUT2D eigenvalue weighted by atomic mass is 9.94. The van der Waals surface area contributed by atoms with Crippen molar-refractivity contribution < 1.29 is 8.53 Å². The third-order valence-electron chi connectivity index (χ3n) is 9.51. The molecule has 0 spiro atoms. The van der Waals surface area contributed by atoms with E-state index in [2.05, 4.69) is 103 Å². The smallest absolute Gasteiger partial charge is 0.149 e. The van der Waals surface area contributed by atoms with Crippen LogP contribution in [0.25, 0.3) is 93.5 Å². The van der Waals surface area contributed by atoms with Crippen molar-refractivity contribution in [3.05, 3.63) is 157 Å². The summed E-state index contributed by atoms with van der Waals surface area (Å²) in [5.74, 6) is 0.620. The van der Waals surface area contributed by atoms with E-state index in [9.17, 15) is 0 Å². The van der Waals surface area contributed by atoms with E-state index in [1.54, 1.807) is 12.1 Å². The van der Waals surface area contributed by atoms with Crippen molar-refractivity contribution in [2.24, 2.45) is 0 Å². The predicted molar refractivity (Wildman–Crippen MR) is 196 cm³/mol. The monoisotopic (exact) mass is 603 g/mol. The van der Waals surface area contributed by atoms with Crippen molar-refractivity contribution in [1.82, 2.24) is 9.55 Å². The zero-order chi connectivity index (χ0) is 33.6. The number of fused-ring (bicyclic) bond motifs is 10. The Hall–Kier alpha value is -6.19. The second-order valence-corrected chi connectivity index (χ2v) is 12.1. The minimum atomic E-state index is -2.35. The average Bonchev–Trinajstić information content (AvgIpc) is 3.73. The van der Waals surface area contributed by atoms with Gasteiger partial charge in [-0.25, -0.2) is 4.98 Å². The molecule has 220 valence electrons. The molecule has 47 heavy (non-hydrogen) atoms. The number of hydrogen-bond acceptors (Lipinski definition) is 2. The number of furan rings is 1. The van der Waals surface area contributed by atoms with E-state index in [0.717, 1.165) is 54.9 Å². The van der Waals surface area contributed by atoms with E-state index in [1.165, 1.54) is 16.2 Å². The number of hydrogen-bond donors (Lipinski definition) is 0. The Morgan fingerprint density at radius 3 is 1.96 bits per heavy atom. The zero-order valence-electron chi connectivity index (χ0n) is 28.2. The summed E-state index contributed by atoms with van der Waals surface area (Å²) in [6, 6.07) is 51.4. The Labute approximate surface area is 275 Å². The molecule has 0 fully saturated rings. The Morgan fingerprint density at radius 2 is 1.19 bits per heavy atom. The molecule has 0 aliphatic carbocycles. The maximum atomic E-state index is 8.53. The van der Waals surface area contributed by atoms with Gasteiger partial charge in [0.05, 0.1) is 16.6 Å². The van der Waals surface area contributed by atoms with Crippen LogP contribution in [0.15, 0.2) is 156 Å². The standard InChI is InChI=1S/C44H28N2O/c1-27-11-9-20-40-42(27)46(30-22-24-35-33-16-6-5-14-31(33)32-15-7-8-17-34(32)39(35)26-30)44(45-40)38-19-10-18-37-36-23-21-29(25-41(36)47-43(37)38)28-12-3-2-4-13-28/h2-26H,1H3/i1D3. The van der Waals surface area contributed by atoms with Crippen molar-refractivity contribution in [2.75, 3.05) is 0 Å². The first-order valence-electron chi connectivity index (χ1n) is 17.3. The van der Waals surface area contributed by atoms with Crippen LogP contribution >= 0.6 is 0 Å². The molecule has 0 amide bonds. The molecule has 10 aromatic rings. The third-order valence-corrected chi connectivity index (χ3v) is 9.51. The van der Waals surface area contributed by atoms with E-state index >= 15 is 0 Å². The minimum absolute atomic E-state index is 0.251. The van der Waals surface area contributed by atoms with Gasteiger partial charge in [-0.1, -0.05) is 115 Å². The van der Waals surface area contributed by atoms with Crippen LogP contribution < -0.4 is 0 Å². The Morgan fingerprint density at radius 1 is 0.532 bits per heavy atom. The third kappa shape index (κ3) is 3.84. The van der Waals surface area contributed by atoms with E-state index in [0.29, 0.717) is 22.4 Å². The maximum Gasteiger partial charge on any atom is 0.149 e. The molecule has 0 saturated heterocycles. The summed E-state index contributed by atoms with van der Waals surface area (Å²) >= 11 is 0. The second-order valence-electron chi connectivity index (χ2n) is 12.1. The van der Waals surface area contributed by atoms with Crippen molar-refractivity contribution in [3.8, 4) is 28.2 Å². The SMILES string of the molecule is [2H]C([2H])([2H])c1cccc2nc(-c3cccc4c3oc3cc(-c5ccccc5)ccc34)n(-c3ccc4c5ccccc5c5ccccc5c4c3)c12. The van der Waals surface area contributed by atoms with Crippen LogP contribution in [0.1, 0.15) is 9.68 Å². The highest BCUT2D eigenvalue weighted by atomic mass is 16.3. The lowest BCUT2D eigenvalue weighted by Crippen LogP contribution is -1.99. The van der Waals surface area contributed by atoms with Crippen LogP contribution in [0.4, 0.5) is 0 Å². The molecule has 0 aliphatic rings. The predicted octanol–water partition coefficient (Wildman–Crippen LogP) is 12.0. The summed E-state index contributed by atoms with van der Waals surface area (Å²) in [5.41, 5.74) is 6.71. The van der Waals surface area contributed by atoms with Crippen LogP contribution in [-0.2, 0) is 0 Å². The number of aromatic nitrogens is 2. The van der Waals surface area contributed by atoms with Crippen LogP contribution in [0.3, 0.4) is 0 Å². The van der Waals surface area contributed by atoms with Gasteiger partial charge in [-0.15, -0.1) is 0 Å². The van der Waals surface area contributed by atoms with Crippen molar-refractivity contribution in [2.45, 2.75) is 6.85 Å².